The van der Waals surface area contributed by atoms with Crippen LogP contribution < -0.4 is 16.8 Å². The van der Waals surface area contributed by atoms with E-state index in [1.165, 1.54) is 0 Å². The Bertz CT molecular complexity index is 484. The third-order valence-corrected chi connectivity index (χ3v) is 3.10. The standard InChI is InChI=1S/C14H22N4O2/c1-3-18(4-2)13(19)7-8-17-10-5-6-12(15)11(9-10)14(16)20/h5-6,9,17H,3-4,7-8,15H2,1-2H3,(H2,16,20). The molecule has 0 aliphatic rings. The minimum atomic E-state index is -0.564. The van der Waals surface area contributed by atoms with Gasteiger partial charge in [-0.1, -0.05) is 0 Å². The molecule has 1 aromatic rings. The van der Waals surface area contributed by atoms with Gasteiger partial charge in [-0.15, -0.1) is 0 Å². The van der Waals surface area contributed by atoms with Crippen molar-refractivity contribution in [2.45, 2.75) is 20.3 Å². The zero-order chi connectivity index (χ0) is 15.1. The average Bonchev–Trinajstić information content (AvgIpc) is 2.41. The van der Waals surface area contributed by atoms with Crippen LogP contribution in [0, 0.1) is 0 Å². The molecule has 0 atom stereocenters. The van der Waals surface area contributed by atoms with E-state index in [0.717, 1.165) is 5.69 Å². The molecule has 0 heterocycles. The van der Waals surface area contributed by atoms with E-state index >= 15 is 0 Å². The normalized spacial score (nSPS) is 10.1. The number of hydrogen-bond acceptors (Lipinski definition) is 4. The Morgan fingerprint density at radius 1 is 1.25 bits per heavy atom. The molecule has 0 spiro atoms. The molecule has 5 N–H and O–H groups in total. The second kappa shape index (κ2) is 7.37. The Morgan fingerprint density at radius 3 is 2.45 bits per heavy atom. The average molecular weight is 278 g/mol. The molecule has 6 heteroatoms. The molecule has 110 valence electrons. The second-order valence-electron chi connectivity index (χ2n) is 4.41. The van der Waals surface area contributed by atoms with Gasteiger partial charge >= 0.3 is 0 Å². The molecule has 0 saturated heterocycles. The summed E-state index contributed by atoms with van der Waals surface area (Å²) in [6.45, 7) is 5.82. The van der Waals surface area contributed by atoms with Crippen LogP contribution in [0.15, 0.2) is 18.2 Å². The Morgan fingerprint density at radius 2 is 1.90 bits per heavy atom. The van der Waals surface area contributed by atoms with E-state index in [0.29, 0.717) is 31.7 Å². The molecule has 0 radical (unpaired) electrons. The van der Waals surface area contributed by atoms with Crippen LogP contribution in [0.2, 0.25) is 0 Å². The SMILES string of the molecule is CCN(CC)C(=O)CCNc1ccc(N)c(C(N)=O)c1. The molecule has 0 unspecified atom stereocenters. The van der Waals surface area contributed by atoms with Gasteiger partial charge in [-0.3, -0.25) is 9.59 Å². The monoisotopic (exact) mass is 278 g/mol. The highest BCUT2D eigenvalue weighted by atomic mass is 16.2. The van der Waals surface area contributed by atoms with Gasteiger partial charge < -0.3 is 21.7 Å². The Labute approximate surface area is 119 Å². The zero-order valence-electron chi connectivity index (χ0n) is 12.0. The lowest BCUT2D eigenvalue weighted by Gasteiger charge is -2.18. The van der Waals surface area contributed by atoms with E-state index in [1.54, 1.807) is 23.1 Å². The van der Waals surface area contributed by atoms with E-state index in [-0.39, 0.29) is 11.5 Å². The molecular formula is C14H22N4O2. The Hall–Kier alpha value is -2.24. The highest BCUT2D eigenvalue weighted by molar-refractivity contribution is 5.98. The van der Waals surface area contributed by atoms with Gasteiger partial charge in [0.2, 0.25) is 5.91 Å². The third-order valence-electron chi connectivity index (χ3n) is 3.10. The molecule has 0 fully saturated rings. The van der Waals surface area contributed by atoms with Crippen LogP contribution in [-0.4, -0.2) is 36.3 Å². The zero-order valence-corrected chi connectivity index (χ0v) is 12.0. The summed E-state index contributed by atoms with van der Waals surface area (Å²) in [5.74, 6) is -0.460. The molecule has 6 nitrogen and oxygen atoms in total. The van der Waals surface area contributed by atoms with Crippen molar-refractivity contribution in [2.75, 3.05) is 30.7 Å². The Kier molecular flexibility index (Phi) is 5.83. The summed E-state index contributed by atoms with van der Waals surface area (Å²) in [5, 5.41) is 3.09. The van der Waals surface area contributed by atoms with Crippen molar-refractivity contribution >= 4 is 23.2 Å². The number of amides is 2. The molecule has 0 aliphatic carbocycles. The number of rotatable bonds is 7. The van der Waals surface area contributed by atoms with E-state index in [1.807, 2.05) is 13.8 Å². The van der Waals surface area contributed by atoms with Gasteiger partial charge in [0, 0.05) is 37.4 Å². The lowest BCUT2D eigenvalue weighted by molar-refractivity contribution is -0.130. The fraction of sp³-hybridized carbons (Fsp3) is 0.429. The van der Waals surface area contributed by atoms with Gasteiger partial charge in [0.25, 0.3) is 5.91 Å². The van der Waals surface area contributed by atoms with Gasteiger partial charge in [0.15, 0.2) is 0 Å². The van der Waals surface area contributed by atoms with E-state index in [4.69, 9.17) is 11.5 Å². The number of nitrogens with one attached hydrogen (secondary N) is 1. The van der Waals surface area contributed by atoms with Gasteiger partial charge in [0.1, 0.15) is 0 Å². The molecule has 1 rings (SSSR count). The van der Waals surface area contributed by atoms with Gasteiger partial charge in [-0.2, -0.15) is 0 Å². The molecule has 0 aromatic heterocycles. The number of carbonyl (C=O) groups excluding carboxylic acids is 2. The topological polar surface area (TPSA) is 101 Å². The van der Waals surface area contributed by atoms with E-state index < -0.39 is 5.91 Å². The van der Waals surface area contributed by atoms with Crippen LogP contribution in [0.5, 0.6) is 0 Å². The number of nitrogens with two attached hydrogens (primary N) is 2. The maximum Gasteiger partial charge on any atom is 0.250 e. The van der Waals surface area contributed by atoms with E-state index in [2.05, 4.69) is 5.32 Å². The Balaban J connectivity index is 2.56. The number of hydrogen-bond donors (Lipinski definition) is 3. The molecular weight excluding hydrogens is 256 g/mol. The van der Waals surface area contributed by atoms with Crippen molar-refractivity contribution in [1.82, 2.24) is 4.90 Å². The molecule has 2 amide bonds. The maximum atomic E-state index is 11.8. The highest BCUT2D eigenvalue weighted by Crippen LogP contribution is 2.17. The van der Waals surface area contributed by atoms with Crippen LogP contribution >= 0.6 is 0 Å². The van der Waals surface area contributed by atoms with Crippen LogP contribution in [-0.2, 0) is 4.79 Å². The maximum absolute atomic E-state index is 11.8. The van der Waals surface area contributed by atoms with Gasteiger partial charge in [-0.05, 0) is 32.0 Å². The first-order valence-electron chi connectivity index (χ1n) is 6.70. The van der Waals surface area contributed by atoms with Crippen LogP contribution in [0.1, 0.15) is 30.6 Å². The summed E-state index contributed by atoms with van der Waals surface area (Å²) in [6, 6.07) is 4.97. The van der Waals surface area contributed by atoms with Crippen molar-refractivity contribution in [1.29, 1.82) is 0 Å². The number of nitrogens with zero attached hydrogens (tertiary/aromatic N) is 1. The summed E-state index contributed by atoms with van der Waals surface area (Å²) in [4.78, 5) is 24.8. The van der Waals surface area contributed by atoms with Crippen LogP contribution in [0.4, 0.5) is 11.4 Å². The number of benzene rings is 1. The molecule has 20 heavy (non-hydrogen) atoms. The summed E-state index contributed by atoms with van der Waals surface area (Å²) in [5.41, 5.74) is 12.2. The van der Waals surface area contributed by atoms with Crippen molar-refractivity contribution in [3.8, 4) is 0 Å². The second-order valence-corrected chi connectivity index (χ2v) is 4.41. The largest absolute Gasteiger partial charge is 0.398 e. The number of primary amides is 1. The molecule has 0 aliphatic heterocycles. The summed E-state index contributed by atoms with van der Waals surface area (Å²) in [7, 11) is 0. The fourth-order valence-corrected chi connectivity index (χ4v) is 1.93. The third kappa shape index (κ3) is 4.15. The minimum Gasteiger partial charge on any atom is -0.398 e. The highest BCUT2D eigenvalue weighted by Gasteiger charge is 2.09. The predicted octanol–water partition coefficient (Wildman–Crippen LogP) is 1.04. The summed E-state index contributed by atoms with van der Waals surface area (Å²) >= 11 is 0. The van der Waals surface area contributed by atoms with Crippen molar-refractivity contribution in [3.05, 3.63) is 23.8 Å². The summed E-state index contributed by atoms with van der Waals surface area (Å²) < 4.78 is 0. The quantitative estimate of drug-likeness (QED) is 0.648. The van der Waals surface area contributed by atoms with Crippen LogP contribution in [0.25, 0.3) is 0 Å². The molecule has 1 aromatic carbocycles. The number of nitrogen functional groups attached to an aromatic ring is 1. The first-order chi connectivity index (χ1) is 9.49. The first kappa shape index (κ1) is 15.8. The minimum absolute atomic E-state index is 0.105. The lowest BCUT2D eigenvalue weighted by Crippen LogP contribution is -2.31. The van der Waals surface area contributed by atoms with Crippen molar-refractivity contribution in [3.63, 3.8) is 0 Å². The van der Waals surface area contributed by atoms with Gasteiger partial charge in [0.05, 0.1) is 5.56 Å². The smallest absolute Gasteiger partial charge is 0.250 e. The first-order valence-corrected chi connectivity index (χ1v) is 6.70. The van der Waals surface area contributed by atoms with Gasteiger partial charge in [-0.25, -0.2) is 0 Å². The molecule has 0 bridgehead atoms. The lowest BCUT2D eigenvalue weighted by atomic mass is 10.1. The number of anilines is 2. The van der Waals surface area contributed by atoms with Crippen LogP contribution in [0.3, 0.4) is 0 Å². The molecule has 0 saturated carbocycles. The summed E-state index contributed by atoms with van der Waals surface area (Å²) in [6.07, 6.45) is 0.401. The predicted molar refractivity (Wildman–Crippen MR) is 80.4 cm³/mol. The van der Waals surface area contributed by atoms with Crippen molar-refractivity contribution in [2.24, 2.45) is 5.73 Å². The number of carbonyl (C=O) groups is 2. The fourth-order valence-electron chi connectivity index (χ4n) is 1.93. The van der Waals surface area contributed by atoms with E-state index in [9.17, 15) is 9.59 Å². The van der Waals surface area contributed by atoms with Crippen molar-refractivity contribution < 1.29 is 9.59 Å².